The summed E-state index contributed by atoms with van der Waals surface area (Å²) >= 11 is 0. The zero-order valence-corrected chi connectivity index (χ0v) is 12.4. The highest BCUT2D eigenvalue weighted by Crippen LogP contribution is 2.33. The quantitative estimate of drug-likeness (QED) is 0.883. The van der Waals surface area contributed by atoms with Crippen molar-refractivity contribution in [3.8, 4) is 0 Å². The lowest BCUT2D eigenvalue weighted by atomic mass is 9.77. The van der Waals surface area contributed by atoms with Gasteiger partial charge in [-0.15, -0.1) is 0 Å². The molecule has 3 rings (SSSR count). The molecule has 0 aliphatic heterocycles. The zero-order valence-electron chi connectivity index (χ0n) is 12.4. The van der Waals surface area contributed by atoms with E-state index in [1.165, 1.54) is 57.2 Å². The highest BCUT2D eigenvalue weighted by Gasteiger charge is 2.28. The first-order valence-corrected chi connectivity index (χ1v) is 7.95. The molecular formula is C16H27N3. The molecular weight excluding hydrogens is 234 g/mol. The molecule has 3 nitrogen and oxygen atoms in total. The molecule has 0 amide bonds. The van der Waals surface area contributed by atoms with E-state index in [9.17, 15) is 0 Å². The summed E-state index contributed by atoms with van der Waals surface area (Å²) in [4.78, 5) is 0. The van der Waals surface area contributed by atoms with Crippen LogP contribution in [0, 0.1) is 18.8 Å². The fraction of sp³-hybridized carbons (Fsp3) is 0.812. The summed E-state index contributed by atoms with van der Waals surface area (Å²) in [5.41, 5.74) is 2.57. The topological polar surface area (TPSA) is 29.9 Å². The smallest absolute Gasteiger partial charge is 0.0596 e. The molecule has 2 aliphatic rings. The Balaban J connectivity index is 1.60. The molecule has 1 aromatic heterocycles. The van der Waals surface area contributed by atoms with Crippen molar-refractivity contribution in [1.82, 2.24) is 15.1 Å². The van der Waals surface area contributed by atoms with E-state index in [1.807, 2.05) is 0 Å². The maximum atomic E-state index is 4.49. The van der Waals surface area contributed by atoms with Gasteiger partial charge in [-0.05, 0) is 63.5 Å². The van der Waals surface area contributed by atoms with Crippen LogP contribution in [0.2, 0.25) is 0 Å². The Hall–Kier alpha value is -0.830. The predicted octanol–water partition coefficient (Wildman–Crippen LogP) is 2.83. The van der Waals surface area contributed by atoms with E-state index in [0.717, 1.165) is 23.6 Å². The predicted molar refractivity (Wildman–Crippen MR) is 78.1 cm³/mol. The van der Waals surface area contributed by atoms with Crippen LogP contribution in [0.4, 0.5) is 0 Å². The molecule has 3 heteroatoms. The standard InChI is InChI=1S/C16H27N3/c1-12-9-16(19(2)18-12)10-13-5-3-4-6-14(13)11-17-15-7-8-15/h9,13-15,17H,3-8,10-11H2,1-2H3. The molecule has 2 unspecified atom stereocenters. The number of nitrogens with one attached hydrogen (secondary N) is 1. The van der Waals surface area contributed by atoms with Gasteiger partial charge in [-0.2, -0.15) is 5.10 Å². The van der Waals surface area contributed by atoms with Crippen molar-refractivity contribution in [2.24, 2.45) is 18.9 Å². The SMILES string of the molecule is Cc1cc(CC2CCCCC2CNC2CC2)n(C)n1. The minimum Gasteiger partial charge on any atom is -0.314 e. The van der Waals surface area contributed by atoms with Gasteiger partial charge >= 0.3 is 0 Å². The third-order valence-electron chi connectivity index (χ3n) is 4.88. The number of rotatable bonds is 5. The van der Waals surface area contributed by atoms with Crippen molar-refractivity contribution in [2.75, 3.05) is 6.54 Å². The summed E-state index contributed by atoms with van der Waals surface area (Å²) in [5.74, 6) is 1.74. The lowest BCUT2D eigenvalue weighted by Gasteiger charge is -2.32. The van der Waals surface area contributed by atoms with Crippen LogP contribution < -0.4 is 5.32 Å². The van der Waals surface area contributed by atoms with Crippen molar-refractivity contribution < 1.29 is 0 Å². The third-order valence-corrected chi connectivity index (χ3v) is 4.88. The van der Waals surface area contributed by atoms with Crippen molar-refractivity contribution in [3.63, 3.8) is 0 Å². The Labute approximate surface area is 116 Å². The van der Waals surface area contributed by atoms with Crippen molar-refractivity contribution in [1.29, 1.82) is 0 Å². The second-order valence-corrected chi connectivity index (χ2v) is 6.59. The highest BCUT2D eigenvalue weighted by atomic mass is 15.3. The first-order valence-electron chi connectivity index (χ1n) is 7.95. The number of aryl methyl sites for hydroxylation is 2. The van der Waals surface area contributed by atoms with Gasteiger partial charge in [0.25, 0.3) is 0 Å². The van der Waals surface area contributed by atoms with Crippen molar-refractivity contribution in [2.45, 2.75) is 57.9 Å². The van der Waals surface area contributed by atoms with Gasteiger partial charge < -0.3 is 5.32 Å². The Kier molecular flexibility index (Phi) is 3.92. The van der Waals surface area contributed by atoms with Gasteiger partial charge in [0, 0.05) is 18.8 Å². The minimum atomic E-state index is 0.849. The summed E-state index contributed by atoms with van der Waals surface area (Å²) < 4.78 is 2.08. The Bertz CT molecular complexity index is 420. The van der Waals surface area contributed by atoms with Gasteiger partial charge in [-0.3, -0.25) is 4.68 Å². The van der Waals surface area contributed by atoms with Gasteiger partial charge in [0.05, 0.1) is 5.69 Å². The number of hydrogen-bond acceptors (Lipinski definition) is 2. The second kappa shape index (κ2) is 5.66. The fourth-order valence-corrected chi connectivity index (χ4v) is 3.55. The number of aromatic nitrogens is 2. The Morgan fingerprint density at radius 3 is 2.58 bits per heavy atom. The van der Waals surface area contributed by atoms with E-state index in [0.29, 0.717) is 0 Å². The maximum absolute atomic E-state index is 4.49. The second-order valence-electron chi connectivity index (χ2n) is 6.59. The Morgan fingerprint density at radius 1 is 1.21 bits per heavy atom. The van der Waals surface area contributed by atoms with Crippen molar-refractivity contribution in [3.05, 3.63) is 17.5 Å². The molecule has 1 aromatic rings. The van der Waals surface area contributed by atoms with Crippen LogP contribution in [0.1, 0.15) is 49.9 Å². The summed E-state index contributed by atoms with van der Waals surface area (Å²) in [5, 5.41) is 8.23. The average Bonchev–Trinajstić information content (AvgIpc) is 3.15. The normalized spacial score (nSPS) is 27.7. The average molecular weight is 261 g/mol. The molecule has 106 valence electrons. The van der Waals surface area contributed by atoms with E-state index < -0.39 is 0 Å². The molecule has 0 aromatic carbocycles. The van der Waals surface area contributed by atoms with E-state index in [1.54, 1.807) is 0 Å². The molecule has 0 radical (unpaired) electrons. The first-order chi connectivity index (χ1) is 9.22. The molecule has 1 heterocycles. The largest absolute Gasteiger partial charge is 0.314 e. The van der Waals surface area contributed by atoms with E-state index >= 15 is 0 Å². The van der Waals surface area contributed by atoms with Crippen LogP contribution in [0.5, 0.6) is 0 Å². The first kappa shape index (κ1) is 13.2. The lowest BCUT2D eigenvalue weighted by Crippen LogP contribution is -2.33. The fourth-order valence-electron chi connectivity index (χ4n) is 3.55. The van der Waals surface area contributed by atoms with Crippen LogP contribution in [-0.2, 0) is 13.5 Å². The molecule has 1 N–H and O–H groups in total. The lowest BCUT2D eigenvalue weighted by molar-refractivity contribution is 0.225. The monoisotopic (exact) mass is 261 g/mol. The Morgan fingerprint density at radius 2 is 1.95 bits per heavy atom. The summed E-state index contributed by atoms with van der Waals surface area (Å²) in [6, 6.07) is 3.11. The van der Waals surface area contributed by atoms with Crippen LogP contribution in [-0.4, -0.2) is 22.4 Å². The summed E-state index contributed by atoms with van der Waals surface area (Å²) in [6.07, 6.45) is 9.69. The van der Waals surface area contributed by atoms with Gasteiger partial charge in [0.2, 0.25) is 0 Å². The molecule has 0 spiro atoms. The zero-order chi connectivity index (χ0) is 13.2. The van der Waals surface area contributed by atoms with Crippen LogP contribution in [0.3, 0.4) is 0 Å². The molecule has 0 bridgehead atoms. The molecule has 2 atom stereocenters. The maximum Gasteiger partial charge on any atom is 0.0596 e. The van der Waals surface area contributed by atoms with Gasteiger partial charge in [-0.25, -0.2) is 0 Å². The van der Waals surface area contributed by atoms with Crippen molar-refractivity contribution >= 4 is 0 Å². The van der Waals surface area contributed by atoms with Gasteiger partial charge in [-0.1, -0.05) is 12.8 Å². The number of nitrogens with zero attached hydrogens (tertiary/aromatic N) is 2. The van der Waals surface area contributed by atoms with Gasteiger partial charge in [0.15, 0.2) is 0 Å². The van der Waals surface area contributed by atoms with E-state index in [-0.39, 0.29) is 0 Å². The third kappa shape index (κ3) is 3.38. The van der Waals surface area contributed by atoms with Gasteiger partial charge in [0.1, 0.15) is 0 Å². The summed E-state index contributed by atoms with van der Waals surface area (Å²) in [7, 11) is 2.09. The molecule has 2 fully saturated rings. The van der Waals surface area contributed by atoms with E-state index in [2.05, 4.69) is 35.1 Å². The molecule has 0 saturated heterocycles. The van der Waals surface area contributed by atoms with Crippen LogP contribution >= 0.6 is 0 Å². The summed E-state index contributed by atoms with van der Waals surface area (Å²) in [6.45, 7) is 3.34. The van der Waals surface area contributed by atoms with E-state index in [4.69, 9.17) is 0 Å². The van der Waals surface area contributed by atoms with Crippen LogP contribution in [0.25, 0.3) is 0 Å². The minimum absolute atomic E-state index is 0.849. The molecule has 19 heavy (non-hydrogen) atoms. The highest BCUT2D eigenvalue weighted by molar-refractivity contribution is 5.09. The number of hydrogen-bond donors (Lipinski definition) is 1. The molecule has 2 saturated carbocycles. The molecule has 2 aliphatic carbocycles. The van der Waals surface area contributed by atoms with Crippen LogP contribution in [0.15, 0.2) is 6.07 Å².